The lowest BCUT2D eigenvalue weighted by molar-refractivity contribution is -0.139. The Hall–Kier alpha value is -3.65. The van der Waals surface area contributed by atoms with Gasteiger partial charge in [-0.3, -0.25) is 10.1 Å². The Bertz CT molecular complexity index is 1210. The fraction of sp³-hybridized carbons (Fsp3) is 0.192. The molecule has 0 aliphatic heterocycles. The Balaban J connectivity index is 1.44. The van der Waals surface area contributed by atoms with Gasteiger partial charge in [-0.2, -0.15) is 0 Å². The summed E-state index contributed by atoms with van der Waals surface area (Å²) < 4.78 is 6.12. The minimum absolute atomic E-state index is 0.0688. The molecule has 0 heterocycles. The van der Waals surface area contributed by atoms with Crippen molar-refractivity contribution < 1.29 is 24.2 Å². The first-order valence-corrected chi connectivity index (χ1v) is 11.6. The Kier molecular flexibility index (Phi) is 6.98. The summed E-state index contributed by atoms with van der Waals surface area (Å²) >= 11 is 3.36. The lowest BCUT2D eigenvalue weighted by Gasteiger charge is -2.16. The van der Waals surface area contributed by atoms with Crippen LogP contribution in [0.4, 0.5) is 10.5 Å². The molecule has 0 saturated heterocycles. The molecule has 1 aliphatic carbocycles. The standard InChI is InChI=1S/C26H23BrN2O5/c1-2-22(25(31)32)28-24(30)15-11-12-21(27)23(13-15)29-26(33)34-14-20-18-9-5-3-7-16(18)17-8-4-6-10-19(17)20/h3-13,20,22H,2,14H2,1H3,(H,28,30)(H,29,33)(H,31,32). The molecular formula is C26H23BrN2O5. The van der Waals surface area contributed by atoms with Crippen LogP contribution in [0.1, 0.15) is 40.7 Å². The van der Waals surface area contributed by atoms with E-state index in [-0.39, 0.29) is 24.5 Å². The number of anilines is 1. The third kappa shape index (κ3) is 4.82. The summed E-state index contributed by atoms with van der Waals surface area (Å²) in [6, 6.07) is 19.8. The number of hydrogen-bond donors (Lipinski definition) is 3. The molecular weight excluding hydrogens is 500 g/mol. The number of fused-ring (bicyclic) bond motifs is 3. The topological polar surface area (TPSA) is 105 Å². The maximum Gasteiger partial charge on any atom is 0.411 e. The molecule has 7 nitrogen and oxygen atoms in total. The molecule has 0 spiro atoms. The van der Waals surface area contributed by atoms with Crippen LogP contribution in [0.15, 0.2) is 71.2 Å². The van der Waals surface area contributed by atoms with Gasteiger partial charge in [0, 0.05) is 16.0 Å². The summed E-state index contributed by atoms with van der Waals surface area (Å²) in [5.41, 5.74) is 5.06. The SMILES string of the molecule is CCC(NC(=O)c1ccc(Br)c(NC(=O)OCC2c3ccccc3-c3ccccc32)c1)C(=O)O. The van der Waals surface area contributed by atoms with Gasteiger partial charge in [-0.15, -0.1) is 0 Å². The van der Waals surface area contributed by atoms with E-state index in [0.29, 0.717) is 10.2 Å². The van der Waals surface area contributed by atoms with Crippen molar-refractivity contribution in [1.82, 2.24) is 5.32 Å². The third-order valence-corrected chi connectivity index (χ3v) is 6.51. The zero-order valence-electron chi connectivity index (χ0n) is 18.4. The van der Waals surface area contributed by atoms with Crippen LogP contribution in [0, 0.1) is 0 Å². The maximum atomic E-state index is 12.6. The van der Waals surface area contributed by atoms with Crippen molar-refractivity contribution in [3.05, 3.63) is 87.9 Å². The number of benzene rings is 3. The van der Waals surface area contributed by atoms with Gasteiger partial charge in [0.15, 0.2) is 0 Å². The second-order valence-electron chi connectivity index (χ2n) is 7.92. The molecule has 0 bridgehead atoms. The van der Waals surface area contributed by atoms with E-state index < -0.39 is 24.0 Å². The molecule has 3 aromatic rings. The fourth-order valence-electron chi connectivity index (χ4n) is 4.09. The highest BCUT2D eigenvalue weighted by atomic mass is 79.9. The van der Waals surface area contributed by atoms with Crippen LogP contribution in [-0.2, 0) is 9.53 Å². The van der Waals surface area contributed by atoms with Crippen LogP contribution < -0.4 is 10.6 Å². The predicted octanol–water partition coefficient (Wildman–Crippen LogP) is 5.40. The van der Waals surface area contributed by atoms with E-state index in [9.17, 15) is 14.4 Å². The van der Waals surface area contributed by atoms with Crippen LogP contribution in [0.2, 0.25) is 0 Å². The molecule has 174 valence electrons. The number of amides is 2. The lowest BCUT2D eigenvalue weighted by Crippen LogP contribution is -2.40. The number of ether oxygens (including phenoxy) is 1. The summed E-state index contributed by atoms with van der Waals surface area (Å²) in [5.74, 6) is -1.72. The minimum atomic E-state index is -1.11. The van der Waals surface area contributed by atoms with Crippen LogP contribution in [0.3, 0.4) is 0 Å². The van der Waals surface area contributed by atoms with Crippen molar-refractivity contribution in [3.63, 3.8) is 0 Å². The Morgan fingerprint density at radius 3 is 2.21 bits per heavy atom. The summed E-state index contributed by atoms with van der Waals surface area (Å²) in [6.07, 6.45) is -0.403. The van der Waals surface area contributed by atoms with Gasteiger partial charge < -0.3 is 15.2 Å². The first kappa shape index (κ1) is 23.5. The van der Waals surface area contributed by atoms with E-state index in [1.165, 1.54) is 12.1 Å². The minimum Gasteiger partial charge on any atom is -0.480 e. The molecule has 0 fully saturated rings. The van der Waals surface area contributed by atoms with Gasteiger partial charge in [-0.1, -0.05) is 55.5 Å². The predicted molar refractivity (Wildman–Crippen MR) is 132 cm³/mol. The molecule has 34 heavy (non-hydrogen) atoms. The monoisotopic (exact) mass is 522 g/mol. The van der Waals surface area contributed by atoms with Crippen LogP contribution in [0.25, 0.3) is 11.1 Å². The molecule has 3 N–H and O–H groups in total. The number of carbonyl (C=O) groups excluding carboxylic acids is 2. The van der Waals surface area contributed by atoms with E-state index in [1.54, 1.807) is 13.0 Å². The highest BCUT2D eigenvalue weighted by Crippen LogP contribution is 2.44. The number of carbonyl (C=O) groups is 3. The second kappa shape index (κ2) is 10.1. The number of nitrogens with one attached hydrogen (secondary N) is 2. The van der Waals surface area contributed by atoms with Crippen molar-refractivity contribution in [1.29, 1.82) is 0 Å². The summed E-state index contributed by atoms with van der Waals surface area (Å²) in [6.45, 7) is 1.83. The van der Waals surface area contributed by atoms with Gasteiger partial charge in [0.05, 0.1) is 5.69 Å². The van der Waals surface area contributed by atoms with E-state index in [2.05, 4.69) is 38.7 Å². The fourth-order valence-corrected chi connectivity index (χ4v) is 4.43. The van der Waals surface area contributed by atoms with Gasteiger partial charge in [0.25, 0.3) is 5.91 Å². The number of carboxylic acid groups (broad SMARTS) is 1. The quantitative estimate of drug-likeness (QED) is 0.385. The van der Waals surface area contributed by atoms with Crippen molar-refractivity contribution in [2.75, 3.05) is 11.9 Å². The van der Waals surface area contributed by atoms with Gasteiger partial charge in [0.1, 0.15) is 12.6 Å². The van der Waals surface area contributed by atoms with Crippen molar-refractivity contribution in [3.8, 4) is 11.1 Å². The molecule has 1 atom stereocenters. The molecule has 0 radical (unpaired) electrons. The van der Waals surface area contributed by atoms with Gasteiger partial charge >= 0.3 is 12.1 Å². The largest absolute Gasteiger partial charge is 0.480 e. The summed E-state index contributed by atoms with van der Waals surface area (Å²) in [5, 5.41) is 14.3. The third-order valence-electron chi connectivity index (χ3n) is 5.82. The Morgan fingerprint density at radius 2 is 1.62 bits per heavy atom. The molecule has 1 unspecified atom stereocenters. The summed E-state index contributed by atoms with van der Waals surface area (Å²) in [4.78, 5) is 36.3. The van der Waals surface area contributed by atoms with Crippen LogP contribution in [-0.4, -0.2) is 35.7 Å². The van der Waals surface area contributed by atoms with E-state index >= 15 is 0 Å². The average molecular weight is 523 g/mol. The number of aliphatic carboxylic acids is 1. The number of carboxylic acids is 1. The molecule has 1 aliphatic rings. The number of hydrogen-bond acceptors (Lipinski definition) is 4. The first-order valence-electron chi connectivity index (χ1n) is 10.8. The van der Waals surface area contributed by atoms with Gasteiger partial charge in [-0.25, -0.2) is 9.59 Å². The molecule has 2 amide bonds. The second-order valence-corrected chi connectivity index (χ2v) is 8.77. The molecule has 0 saturated carbocycles. The smallest absolute Gasteiger partial charge is 0.411 e. The van der Waals surface area contributed by atoms with E-state index in [0.717, 1.165) is 22.3 Å². The maximum absolute atomic E-state index is 12.6. The van der Waals surface area contributed by atoms with Crippen molar-refractivity contribution in [2.24, 2.45) is 0 Å². The summed E-state index contributed by atoms with van der Waals surface area (Å²) in [7, 11) is 0. The molecule has 4 rings (SSSR count). The highest BCUT2D eigenvalue weighted by molar-refractivity contribution is 9.10. The molecule has 8 heteroatoms. The van der Waals surface area contributed by atoms with Gasteiger partial charge in [-0.05, 0) is 62.8 Å². The van der Waals surface area contributed by atoms with E-state index in [1.807, 2.05) is 36.4 Å². The van der Waals surface area contributed by atoms with Crippen LogP contribution >= 0.6 is 15.9 Å². The molecule has 3 aromatic carbocycles. The lowest BCUT2D eigenvalue weighted by atomic mass is 9.98. The Morgan fingerprint density at radius 1 is 1.00 bits per heavy atom. The number of halogens is 1. The Labute approximate surface area is 205 Å². The zero-order valence-corrected chi connectivity index (χ0v) is 20.0. The average Bonchev–Trinajstić information content (AvgIpc) is 3.16. The zero-order chi connectivity index (χ0) is 24.2. The van der Waals surface area contributed by atoms with Crippen LogP contribution in [0.5, 0.6) is 0 Å². The normalized spacial score (nSPS) is 12.9. The van der Waals surface area contributed by atoms with Crippen molar-refractivity contribution >= 4 is 39.6 Å². The number of rotatable bonds is 7. The highest BCUT2D eigenvalue weighted by Gasteiger charge is 2.29. The first-order chi connectivity index (χ1) is 16.4. The molecule has 0 aromatic heterocycles. The van der Waals surface area contributed by atoms with Crippen molar-refractivity contribution in [2.45, 2.75) is 25.3 Å². The van der Waals surface area contributed by atoms with E-state index in [4.69, 9.17) is 9.84 Å². The van der Waals surface area contributed by atoms with Gasteiger partial charge in [0.2, 0.25) is 0 Å².